The second kappa shape index (κ2) is 7.41. The summed E-state index contributed by atoms with van der Waals surface area (Å²) in [4.78, 5) is 24.4. The summed E-state index contributed by atoms with van der Waals surface area (Å²) < 4.78 is 0.886. The molecule has 1 saturated carbocycles. The van der Waals surface area contributed by atoms with Gasteiger partial charge in [0.2, 0.25) is 16.9 Å². The van der Waals surface area contributed by atoms with Gasteiger partial charge in [0.25, 0.3) is 0 Å². The Morgan fingerprint density at radius 2 is 1.86 bits per heavy atom. The molecule has 0 aromatic carbocycles. The number of amides is 2. The van der Waals surface area contributed by atoms with Crippen molar-refractivity contribution in [3.05, 3.63) is 0 Å². The van der Waals surface area contributed by atoms with Crippen LogP contribution in [0.5, 0.6) is 0 Å². The van der Waals surface area contributed by atoms with Crippen molar-refractivity contribution >= 4 is 40.0 Å². The maximum absolute atomic E-state index is 11.5. The van der Waals surface area contributed by atoms with E-state index in [2.05, 4.69) is 15.5 Å². The van der Waals surface area contributed by atoms with Gasteiger partial charge < -0.3 is 5.32 Å². The van der Waals surface area contributed by atoms with E-state index in [4.69, 9.17) is 0 Å². The molecule has 120 valence electrons. The van der Waals surface area contributed by atoms with E-state index < -0.39 is 0 Å². The standard InChI is InChI=1S/C14H20N4O2S2/c19-11-6-7-12(20)18(11)8-9-21-14-17-16-13(22-14)15-10-4-2-1-3-5-10/h10H,1-9H2,(H,15,16). The molecule has 0 unspecified atom stereocenters. The first-order valence-electron chi connectivity index (χ1n) is 7.78. The second-order valence-corrected chi connectivity index (χ2v) is 7.96. The minimum absolute atomic E-state index is 0.0532. The van der Waals surface area contributed by atoms with E-state index in [0.29, 0.717) is 31.2 Å². The molecule has 2 amide bonds. The molecule has 0 spiro atoms. The van der Waals surface area contributed by atoms with Crippen LogP contribution >= 0.6 is 23.1 Å². The van der Waals surface area contributed by atoms with E-state index in [1.165, 1.54) is 37.0 Å². The van der Waals surface area contributed by atoms with Gasteiger partial charge in [-0.2, -0.15) is 0 Å². The maximum atomic E-state index is 11.5. The first-order valence-corrected chi connectivity index (χ1v) is 9.58. The van der Waals surface area contributed by atoms with Crippen molar-refractivity contribution in [2.24, 2.45) is 0 Å². The van der Waals surface area contributed by atoms with E-state index in [1.807, 2.05) is 0 Å². The second-order valence-electron chi connectivity index (χ2n) is 5.64. The highest BCUT2D eigenvalue weighted by Gasteiger charge is 2.28. The summed E-state index contributed by atoms with van der Waals surface area (Å²) in [5.74, 6) is 0.570. The summed E-state index contributed by atoms with van der Waals surface area (Å²) in [5.41, 5.74) is 0. The number of hydrogen-bond donors (Lipinski definition) is 1. The van der Waals surface area contributed by atoms with Gasteiger partial charge in [-0.1, -0.05) is 42.4 Å². The number of imide groups is 1. The number of nitrogens with one attached hydrogen (secondary N) is 1. The predicted octanol–water partition coefficient (Wildman–Crippen LogP) is 2.52. The molecule has 1 aliphatic heterocycles. The zero-order chi connectivity index (χ0) is 15.4. The summed E-state index contributed by atoms with van der Waals surface area (Å²) in [5, 5.41) is 12.7. The van der Waals surface area contributed by atoms with Gasteiger partial charge >= 0.3 is 0 Å². The first-order chi connectivity index (χ1) is 10.7. The zero-order valence-electron chi connectivity index (χ0n) is 12.4. The number of hydrogen-bond acceptors (Lipinski definition) is 7. The Labute approximate surface area is 138 Å². The average Bonchev–Trinajstić information content (AvgIpc) is 3.09. The van der Waals surface area contributed by atoms with E-state index in [-0.39, 0.29) is 11.8 Å². The molecule has 1 aromatic heterocycles. The zero-order valence-corrected chi connectivity index (χ0v) is 14.0. The monoisotopic (exact) mass is 340 g/mol. The highest BCUT2D eigenvalue weighted by molar-refractivity contribution is 8.01. The maximum Gasteiger partial charge on any atom is 0.229 e. The van der Waals surface area contributed by atoms with Gasteiger partial charge in [0.15, 0.2) is 4.34 Å². The van der Waals surface area contributed by atoms with Crippen LogP contribution in [-0.4, -0.2) is 45.3 Å². The molecule has 0 bridgehead atoms. The number of nitrogens with zero attached hydrogens (tertiary/aromatic N) is 3. The van der Waals surface area contributed by atoms with Crippen LogP contribution < -0.4 is 5.32 Å². The Morgan fingerprint density at radius 3 is 2.59 bits per heavy atom. The number of thioether (sulfide) groups is 1. The van der Waals surface area contributed by atoms with Crippen molar-refractivity contribution in [2.75, 3.05) is 17.6 Å². The minimum Gasteiger partial charge on any atom is -0.357 e. The van der Waals surface area contributed by atoms with Gasteiger partial charge in [-0.05, 0) is 12.8 Å². The van der Waals surface area contributed by atoms with Gasteiger partial charge in [-0.15, -0.1) is 10.2 Å². The lowest BCUT2D eigenvalue weighted by atomic mass is 9.96. The molecule has 1 saturated heterocycles. The van der Waals surface area contributed by atoms with Gasteiger partial charge in [0, 0.05) is 31.2 Å². The van der Waals surface area contributed by atoms with Gasteiger partial charge in [-0.3, -0.25) is 14.5 Å². The van der Waals surface area contributed by atoms with Crippen LogP contribution in [-0.2, 0) is 9.59 Å². The third kappa shape index (κ3) is 3.98. The smallest absolute Gasteiger partial charge is 0.229 e. The van der Waals surface area contributed by atoms with Crippen LogP contribution in [0.3, 0.4) is 0 Å². The lowest BCUT2D eigenvalue weighted by Gasteiger charge is -2.21. The molecule has 2 fully saturated rings. The Balaban J connectivity index is 1.43. The summed E-state index contributed by atoms with van der Waals surface area (Å²) in [6.07, 6.45) is 7.05. The topological polar surface area (TPSA) is 75.2 Å². The number of carbonyl (C=O) groups excluding carboxylic acids is 2. The van der Waals surface area contributed by atoms with Crippen LogP contribution in [0.2, 0.25) is 0 Å². The lowest BCUT2D eigenvalue weighted by molar-refractivity contribution is -0.137. The third-order valence-corrected chi connectivity index (χ3v) is 6.00. The molecular weight excluding hydrogens is 320 g/mol. The molecule has 6 nitrogen and oxygen atoms in total. The number of likely N-dealkylation sites (tertiary alicyclic amines) is 1. The average molecular weight is 340 g/mol. The molecule has 1 N–H and O–H groups in total. The predicted molar refractivity (Wildman–Crippen MR) is 87.1 cm³/mol. The van der Waals surface area contributed by atoms with Crippen molar-refractivity contribution in [1.82, 2.24) is 15.1 Å². The van der Waals surface area contributed by atoms with Crippen molar-refractivity contribution in [3.8, 4) is 0 Å². The quantitative estimate of drug-likeness (QED) is 0.633. The van der Waals surface area contributed by atoms with Crippen molar-refractivity contribution in [3.63, 3.8) is 0 Å². The Kier molecular flexibility index (Phi) is 5.30. The van der Waals surface area contributed by atoms with Crippen molar-refractivity contribution < 1.29 is 9.59 Å². The molecule has 1 aromatic rings. The molecule has 2 heterocycles. The number of anilines is 1. The van der Waals surface area contributed by atoms with E-state index in [1.54, 1.807) is 23.1 Å². The van der Waals surface area contributed by atoms with Crippen LogP contribution in [0, 0.1) is 0 Å². The minimum atomic E-state index is -0.0532. The summed E-state index contributed by atoms with van der Waals surface area (Å²) in [7, 11) is 0. The normalized spacial score (nSPS) is 19.9. The van der Waals surface area contributed by atoms with Crippen LogP contribution in [0.15, 0.2) is 4.34 Å². The first kappa shape index (κ1) is 15.7. The number of carbonyl (C=O) groups is 2. The summed E-state index contributed by atoms with van der Waals surface area (Å²) in [6.45, 7) is 0.466. The number of aromatic nitrogens is 2. The Hall–Kier alpha value is -1.15. The fourth-order valence-corrected chi connectivity index (χ4v) is 4.67. The Bertz CT molecular complexity index is 527. The van der Waals surface area contributed by atoms with E-state index in [0.717, 1.165) is 9.47 Å². The SMILES string of the molecule is O=C1CCC(=O)N1CCSc1nnc(NC2CCCCC2)s1. The Morgan fingerprint density at radius 1 is 1.14 bits per heavy atom. The molecule has 0 radical (unpaired) electrons. The molecule has 2 aliphatic rings. The van der Waals surface area contributed by atoms with Crippen molar-refractivity contribution in [1.29, 1.82) is 0 Å². The molecule has 3 rings (SSSR count). The lowest BCUT2D eigenvalue weighted by Crippen LogP contribution is -2.31. The molecule has 8 heteroatoms. The van der Waals surface area contributed by atoms with Crippen molar-refractivity contribution in [2.45, 2.75) is 55.3 Å². The van der Waals surface area contributed by atoms with Crippen LogP contribution in [0.25, 0.3) is 0 Å². The van der Waals surface area contributed by atoms with Crippen LogP contribution in [0.1, 0.15) is 44.9 Å². The third-order valence-electron chi connectivity index (χ3n) is 4.03. The molecule has 1 aliphatic carbocycles. The fourth-order valence-electron chi connectivity index (χ4n) is 2.84. The summed E-state index contributed by atoms with van der Waals surface area (Å²) in [6, 6.07) is 0.527. The largest absolute Gasteiger partial charge is 0.357 e. The highest BCUT2D eigenvalue weighted by atomic mass is 32.2. The highest BCUT2D eigenvalue weighted by Crippen LogP contribution is 2.28. The molecule has 22 heavy (non-hydrogen) atoms. The van der Waals surface area contributed by atoms with Gasteiger partial charge in [-0.25, -0.2) is 0 Å². The van der Waals surface area contributed by atoms with E-state index >= 15 is 0 Å². The number of rotatable bonds is 6. The summed E-state index contributed by atoms with van der Waals surface area (Å²) >= 11 is 3.10. The van der Waals surface area contributed by atoms with Crippen LogP contribution in [0.4, 0.5) is 5.13 Å². The van der Waals surface area contributed by atoms with Gasteiger partial charge in [0.1, 0.15) is 0 Å². The van der Waals surface area contributed by atoms with E-state index in [9.17, 15) is 9.59 Å². The molecular formula is C14H20N4O2S2. The molecule has 0 atom stereocenters. The van der Waals surface area contributed by atoms with Gasteiger partial charge in [0.05, 0.1) is 0 Å². The fraction of sp³-hybridized carbons (Fsp3) is 0.714.